The van der Waals surface area contributed by atoms with E-state index in [2.05, 4.69) is 5.32 Å². The number of furan rings is 1. The van der Waals surface area contributed by atoms with E-state index in [1.54, 1.807) is 4.90 Å². The van der Waals surface area contributed by atoms with Crippen LogP contribution in [0.3, 0.4) is 0 Å². The molecule has 0 unspecified atom stereocenters. The zero-order valence-electron chi connectivity index (χ0n) is 20.6. The quantitative estimate of drug-likeness (QED) is 0.398. The summed E-state index contributed by atoms with van der Waals surface area (Å²) in [6.45, 7) is -0.437. The Labute approximate surface area is 218 Å². The van der Waals surface area contributed by atoms with Gasteiger partial charge in [0, 0.05) is 25.7 Å². The molecule has 1 saturated heterocycles. The molecule has 0 radical (unpaired) electrons. The third kappa shape index (κ3) is 5.81. The third-order valence-corrected chi connectivity index (χ3v) is 6.89. The predicted molar refractivity (Wildman–Crippen MR) is 121 cm³/mol. The molecule has 7 nitrogen and oxygen atoms in total. The summed E-state index contributed by atoms with van der Waals surface area (Å²) in [6.07, 6.45) is -8.87. The van der Waals surface area contributed by atoms with Crippen molar-refractivity contribution in [2.75, 3.05) is 26.7 Å². The van der Waals surface area contributed by atoms with Gasteiger partial charge in [-0.15, -0.1) is 0 Å². The topological polar surface area (TPSA) is 75.0 Å². The summed E-state index contributed by atoms with van der Waals surface area (Å²) in [5, 5.41) is 2.46. The van der Waals surface area contributed by atoms with Gasteiger partial charge in [-0.05, 0) is 37.1 Å². The van der Waals surface area contributed by atoms with Crippen LogP contribution in [0.2, 0.25) is 0 Å². The molecule has 2 aliphatic rings. The minimum atomic E-state index is -4.88. The van der Waals surface area contributed by atoms with Crippen molar-refractivity contribution in [1.82, 2.24) is 15.1 Å². The second-order valence-electron chi connectivity index (χ2n) is 9.22. The molecule has 1 fully saturated rings. The summed E-state index contributed by atoms with van der Waals surface area (Å²) >= 11 is 0. The SMILES string of the molecule is CNC(=O)C1=C(N(C=O)Cc2c(F)cccc2C(F)(F)F)COC12CCN(Cc1ccc(C(F)(F)F)o1)CC2. The number of halogens is 7. The van der Waals surface area contributed by atoms with E-state index in [4.69, 9.17) is 9.15 Å². The van der Waals surface area contributed by atoms with Gasteiger partial charge in [0.1, 0.15) is 17.2 Å². The monoisotopic (exact) mass is 563 g/mol. The van der Waals surface area contributed by atoms with Crippen LogP contribution in [0.1, 0.15) is 35.5 Å². The van der Waals surface area contributed by atoms with Gasteiger partial charge in [0.15, 0.2) is 0 Å². The maximum absolute atomic E-state index is 14.5. The molecule has 0 bridgehead atoms. The Morgan fingerprint density at radius 3 is 2.36 bits per heavy atom. The lowest BCUT2D eigenvalue weighted by Crippen LogP contribution is -2.48. The lowest BCUT2D eigenvalue weighted by Gasteiger charge is -2.39. The number of carbonyl (C=O) groups is 2. The molecule has 0 aliphatic carbocycles. The Balaban J connectivity index is 1.58. The Kier molecular flexibility index (Phi) is 7.81. The molecular formula is C25H24F7N3O4. The van der Waals surface area contributed by atoms with Crippen LogP contribution in [0.4, 0.5) is 30.7 Å². The summed E-state index contributed by atoms with van der Waals surface area (Å²) in [6, 6.07) is 4.53. The molecule has 1 N–H and O–H groups in total. The number of hydrogen-bond acceptors (Lipinski definition) is 5. The molecule has 4 rings (SSSR count). The second-order valence-corrected chi connectivity index (χ2v) is 9.22. The highest BCUT2D eigenvalue weighted by molar-refractivity contribution is 5.97. The van der Waals surface area contributed by atoms with E-state index in [0.717, 1.165) is 23.1 Å². The molecule has 3 heterocycles. The number of hydrogen-bond donors (Lipinski definition) is 1. The number of ether oxygens (including phenoxy) is 1. The highest BCUT2D eigenvalue weighted by Crippen LogP contribution is 2.42. The summed E-state index contributed by atoms with van der Waals surface area (Å²) in [7, 11) is 1.34. The first-order chi connectivity index (χ1) is 18.3. The molecule has 14 heteroatoms. The van der Waals surface area contributed by atoms with E-state index in [1.165, 1.54) is 13.1 Å². The minimum absolute atomic E-state index is 0.00929. The third-order valence-electron chi connectivity index (χ3n) is 6.89. The van der Waals surface area contributed by atoms with Gasteiger partial charge in [-0.1, -0.05) is 6.07 Å². The van der Waals surface area contributed by atoms with Crippen molar-refractivity contribution in [2.45, 2.75) is 43.9 Å². The lowest BCUT2D eigenvalue weighted by molar-refractivity contribution is -0.153. The zero-order chi connectivity index (χ0) is 28.6. The van der Waals surface area contributed by atoms with Crippen molar-refractivity contribution in [3.63, 3.8) is 0 Å². The molecule has 2 amide bonds. The first-order valence-corrected chi connectivity index (χ1v) is 11.8. The lowest BCUT2D eigenvalue weighted by atomic mass is 9.83. The fourth-order valence-electron chi connectivity index (χ4n) is 4.96. The van der Waals surface area contributed by atoms with Crippen LogP contribution >= 0.6 is 0 Å². The van der Waals surface area contributed by atoms with Gasteiger partial charge in [-0.2, -0.15) is 26.3 Å². The number of carbonyl (C=O) groups excluding carboxylic acids is 2. The molecule has 1 aromatic heterocycles. The van der Waals surface area contributed by atoms with Crippen LogP contribution in [0.5, 0.6) is 0 Å². The van der Waals surface area contributed by atoms with Crippen molar-refractivity contribution in [2.24, 2.45) is 0 Å². The number of nitrogens with zero attached hydrogens (tertiary/aromatic N) is 2. The Morgan fingerprint density at radius 1 is 1.10 bits per heavy atom. The number of nitrogens with one attached hydrogen (secondary N) is 1. The van der Waals surface area contributed by atoms with Crippen LogP contribution < -0.4 is 5.32 Å². The van der Waals surface area contributed by atoms with Gasteiger partial charge in [0.2, 0.25) is 12.2 Å². The number of benzene rings is 1. The van der Waals surface area contributed by atoms with E-state index in [-0.39, 0.29) is 62.5 Å². The maximum Gasteiger partial charge on any atom is 0.449 e. The number of rotatable bonds is 7. The fraction of sp³-hybridized carbons (Fsp3) is 0.440. The highest BCUT2D eigenvalue weighted by Gasteiger charge is 2.49. The van der Waals surface area contributed by atoms with Gasteiger partial charge in [-0.25, -0.2) is 4.39 Å². The number of alkyl halides is 6. The average Bonchev–Trinajstić information content (AvgIpc) is 3.49. The summed E-state index contributed by atoms with van der Waals surface area (Å²) in [5.41, 5.74) is -3.15. The highest BCUT2D eigenvalue weighted by atomic mass is 19.4. The molecule has 0 atom stereocenters. The summed E-state index contributed by atoms with van der Waals surface area (Å²) in [5.74, 6) is -2.79. The van der Waals surface area contributed by atoms with Gasteiger partial charge in [-0.3, -0.25) is 14.5 Å². The number of likely N-dealkylation sites (tertiary alicyclic amines) is 1. The normalized spacial score (nSPS) is 18.1. The van der Waals surface area contributed by atoms with Crippen LogP contribution in [-0.2, 0) is 39.8 Å². The molecule has 39 heavy (non-hydrogen) atoms. The predicted octanol–water partition coefficient (Wildman–Crippen LogP) is 4.48. The van der Waals surface area contributed by atoms with Crippen LogP contribution in [0, 0.1) is 5.82 Å². The van der Waals surface area contributed by atoms with E-state index in [1.807, 2.05) is 0 Å². The molecule has 2 aliphatic heterocycles. The summed E-state index contributed by atoms with van der Waals surface area (Å²) < 4.78 is 104. The summed E-state index contributed by atoms with van der Waals surface area (Å²) in [4.78, 5) is 27.6. The molecular weight excluding hydrogens is 539 g/mol. The van der Waals surface area contributed by atoms with E-state index in [0.29, 0.717) is 6.07 Å². The number of amides is 2. The van der Waals surface area contributed by atoms with Crippen molar-refractivity contribution < 1.29 is 49.5 Å². The molecule has 0 saturated carbocycles. The Bertz CT molecular complexity index is 1260. The Hall–Kier alpha value is -3.39. The standard InChI is InChI=1S/C25H24F7N3O4/c1-33-22(37)21-19(35(14-36)12-16-17(24(27,28)29)3-2-4-18(16)26)13-38-23(21)7-9-34(10-8-23)11-15-5-6-20(39-15)25(30,31)32/h2-6,14H,7-13H2,1H3,(H,33,37). The van der Waals surface area contributed by atoms with Gasteiger partial charge < -0.3 is 19.4 Å². The van der Waals surface area contributed by atoms with Crippen molar-refractivity contribution in [3.8, 4) is 0 Å². The van der Waals surface area contributed by atoms with Gasteiger partial charge in [0.05, 0.1) is 36.5 Å². The van der Waals surface area contributed by atoms with Crippen molar-refractivity contribution >= 4 is 12.3 Å². The van der Waals surface area contributed by atoms with Gasteiger partial charge >= 0.3 is 12.4 Å². The largest absolute Gasteiger partial charge is 0.455 e. The fourth-order valence-corrected chi connectivity index (χ4v) is 4.96. The van der Waals surface area contributed by atoms with E-state index < -0.39 is 53.1 Å². The maximum atomic E-state index is 14.5. The van der Waals surface area contributed by atoms with Crippen molar-refractivity contribution in [3.05, 3.63) is 70.1 Å². The smallest absolute Gasteiger partial charge is 0.449 e. The van der Waals surface area contributed by atoms with Crippen LogP contribution in [0.15, 0.2) is 46.0 Å². The minimum Gasteiger partial charge on any atom is -0.455 e. The first-order valence-electron chi connectivity index (χ1n) is 11.8. The average molecular weight is 563 g/mol. The first kappa shape index (κ1) is 28.6. The molecule has 1 aromatic carbocycles. The number of likely N-dealkylation sites (N-methyl/N-ethyl adjacent to an activating group) is 1. The van der Waals surface area contributed by atoms with E-state index in [9.17, 15) is 40.3 Å². The van der Waals surface area contributed by atoms with Crippen molar-refractivity contribution in [1.29, 1.82) is 0 Å². The number of piperidine rings is 1. The molecule has 2 aromatic rings. The Morgan fingerprint density at radius 2 is 1.79 bits per heavy atom. The van der Waals surface area contributed by atoms with E-state index >= 15 is 0 Å². The van der Waals surface area contributed by atoms with Crippen LogP contribution in [-0.4, -0.2) is 54.5 Å². The van der Waals surface area contributed by atoms with Gasteiger partial charge in [0.25, 0.3) is 5.91 Å². The second kappa shape index (κ2) is 10.6. The zero-order valence-corrected chi connectivity index (χ0v) is 20.6. The molecule has 212 valence electrons. The molecule has 1 spiro atoms. The van der Waals surface area contributed by atoms with Crippen LogP contribution in [0.25, 0.3) is 0 Å².